The van der Waals surface area contributed by atoms with E-state index >= 15 is 0 Å². The van der Waals surface area contributed by atoms with Crippen LogP contribution in [0.4, 0.5) is 0 Å². The lowest BCUT2D eigenvalue weighted by Gasteiger charge is -2.40. The molecule has 1 saturated heterocycles. The highest BCUT2D eigenvalue weighted by Crippen LogP contribution is 2.38. The fourth-order valence-electron chi connectivity index (χ4n) is 3.10. The Bertz CT molecular complexity index is 205. The minimum Gasteiger partial charge on any atom is -0.387 e. The highest BCUT2D eigenvalue weighted by Gasteiger charge is 2.46. The van der Waals surface area contributed by atoms with Gasteiger partial charge in [0, 0.05) is 13.0 Å². The molecule has 0 aromatic rings. The van der Waals surface area contributed by atoms with E-state index in [-0.39, 0.29) is 6.10 Å². The molecule has 2 rings (SSSR count). The number of hydrogen-bond donors (Lipinski definition) is 2. The third-order valence-corrected chi connectivity index (χ3v) is 4.17. The van der Waals surface area contributed by atoms with E-state index in [0.29, 0.717) is 23.8 Å². The molecule has 0 radical (unpaired) electrons. The van der Waals surface area contributed by atoms with Crippen LogP contribution < -0.4 is 4.90 Å². The molecule has 2 aliphatic rings. The second-order valence-corrected chi connectivity index (χ2v) is 5.23. The van der Waals surface area contributed by atoms with E-state index in [2.05, 4.69) is 21.0 Å². The van der Waals surface area contributed by atoms with E-state index in [1.165, 1.54) is 4.90 Å². The highest BCUT2D eigenvalue weighted by molar-refractivity contribution is 4.92. The van der Waals surface area contributed by atoms with Crippen molar-refractivity contribution >= 4 is 0 Å². The van der Waals surface area contributed by atoms with Gasteiger partial charge in [0.25, 0.3) is 0 Å². The van der Waals surface area contributed by atoms with E-state index in [4.69, 9.17) is 4.74 Å². The van der Waals surface area contributed by atoms with Crippen LogP contribution in [0.5, 0.6) is 0 Å². The van der Waals surface area contributed by atoms with Crippen molar-refractivity contribution in [3.8, 4) is 0 Å². The van der Waals surface area contributed by atoms with Crippen LogP contribution in [-0.2, 0) is 4.74 Å². The first-order valence-corrected chi connectivity index (χ1v) is 5.67. The fraction of sp³-hybridized carbons (Fsp3) is 1.00. The topological polar surface area (TPSA) is 33.9 Å². The highest BCUT2D eigenvalue weighted by atomic mass is 16.5. The molecule has 0 amide bonds. The summed E-state index contributed by atoms with van der Waals surface area (Å²) >= 11 is 0. The number of fused-ring (bicyclic) bond motifs is 1. The van der Waals surface area contributed by atoms with Crippen molar-refractivity contribution in [2.75, 3.05) is 27.3 Å². The standard InChI is InChI=1S/C11H21NO2/c1-7-9-6-14-5-8(9)4-10(11(7)13)12(2)3/h7-11,13H,4-6H2,1-3H3/p+1/t7-,8-,9+,10-,11+/m0/s1. The number of ether oxygens (including phenoxy) is 1. The van der Waals surface area contributed by atoms with Gasteiger partial charge in [0.05, 0.1) is 20.7 Å². The van der Waals surface area contributed by atoms with E-state index in [1.54, 1.807) is 0 Å². The molecule has 0 spiro atoms. The number of quaternary nitrogens is 1. The van der Waals surface area contributed by atoms with Crippen molar-refractivity contribution < 1.29 is 14.7 Å². The Kier molecular flexibility index (Phi) is 2.82. The van der Waals surface area contributed by atoms with Crippen LogP contribution in [0.3, 0.4) is 0 Å². The van der Waals surface area contributed by atoms with Gasteiger partial charge in [-0.2, -0.15) is 0 Å². The van der Waals surface area contributed by atoms with Crippen molar-refractivity contribution in [1.29, 1.82) is 0 Å². The van der Waals surface area contributed by atoms with Gasteiger partial charge in [-0.3, -0.25) is 0 Å². The van der Waals surface area contributed by atoms with Gasteiger partial charge in [-0.05, 0) is 17.8 Å². The van der Waals surface area contributed by atoms with Gasteiger partial charge in [0.2, 0.25) is 0 Å². The zero-order chi connectivity index (χ0) is 10.3. The second-order valence-electron chi connectivity index (χ2n) is 5.23. The van der Waals surface area contributed by atoms with Crippen LogP contribution in [0, 0.1) is 17.8 Å². The maximum Gasteiger partial charge on any atom is 0.114 e. The monoisotopic (exact) mass is 200 g/mol. The molecule has 1 heterocycles. The molecule has 82 valence electrons. The molecule has 5 atom stereocenters. The number of aliphatic hydroxyl groups is 1. The summed E-state index contributed by atoms with van der Waals surface area (Å²) in [7, 11) is 4.27. The summed E-state index contributed by atoms with van der Waals surface area (Å²) < 4.78 is 5.52. The van der Waals surface area contributed by atoms with E-state index in [1.807, 2.05) is 0 Å². The summed E-state index contributed by atoms with van der Waals surface area (Å²) in [4.78, 5) is 1.37. The maximum atomic E-state index is 10.2. The van der Waals surface area contributed by atoms with Gasteiger partial charge in [-0.1, -0.05) is 6.92 Å². The maximum absolute atomic E-state index is 10.2. The third-order valence-electron chi connectivity index (χ3n) is 4.17. The molecule has 1 saturated carbocycles. The zero-order valence-electron chi connectivity index (χ0n) is 9.36. The SMILES string of the molecule is C[C@@H]1[C@@H](O)[C@@H]([NH+](C)C)C[C@H]2COC[C@@H]21. The van der Waals surface area contributed by atoms with E-state index in [0.717, 1.165) is 19.6 Å². The van der Waals surface area contributed by atoms with E-state index < -0.39 is 0 Å². The lowest BCUT2D eigenvalue weighted by Crippen LogP contribution is -3.12. The smallest absolute Gasteiger partial charge is 0.114 e. The lowest BCUT2D eigenvalue weighted by atomic mass is 9.70. The van der Waals surface area contributed by atoms with E-state index in [9.17, 15) is 5.11 Å². The normalized spacial score (nSPS) is 48.2. The van der Waals surface area contributed by atoms with Gasteiger partial charge >= 0.3 is 0 Å². The molecular formula is C11H22NO2+. The van der Waals surface area contributed by atoms with Gasteiger partial charge < -0.3 is 14.7 Å². The van der Waals surface area contributed by atoms with Crippen LogP contribution >= 0.6 is 0 Å². The van der Waals surface area contributed by atoms with Crippen LogP contribution in [0.2, 0.25) is 0 Å². The van der Waals surface area contributed by atoms with Crippen molar-refractivity contribution in [1.82, 2.24) is 0 Å². The third kappa shape index (κ3) is 1.58. The predicted molar refractivity (Wildman–Crippen MR) is 54.2 cm³/mol. The summed E-state index contributed by atoms with van der Waals surface area (Å²) in [5.41, 5.74) is 0. The molecular weight excluding hydrogens is 178 g/mol. The first kappa shape index (κ1) is 10.4. The van der Waals surface area contributed by atoms with Crippen LogP contribution in [0.25, 0.3) is 0 Å². The summed E-state index contributed by atoms with van der Waals surface area (Å²) in [6.07, 6.45) is 0.973. The first-order valence-electron chi connectivity index (χ1n) is 5.67. The molecule has 14 heavy (non-hydrogen) atoms. The summed E-state index contributed by atoms with van der Waals surface area (Å²) in [5.74, 6) is 1.69. The Morgan fingerprint density at radius 3 is 2.64 bits per heavy atom. The average molecular weight is 200 g/mol. The number of nitrogens with one attached hydrogen (secondary N) is 1. The molecule has 1 aliphatic heterocycles. The Morgan fingerprint density at radius 1 is 1.29 bits per heavy atom. The van der Waals surface area contributed by atoms with Gasteiger partial charge in [-0.25, -0.2) is 0 Å². The Labute approximate surface area is 86.0 Å². The molecule has 3 nitrogen and oxygen atoms in total. The number of hydrogen-bond acceptors (Lipinski definition) is 2. The second kappa shape index (κ2) is 3.80. The van der Waals surface area contributed by atoms with Crippen LogP contribution in [0.1, 0.15) is 13.3 Å². The van der Waals surface area contributed by atoms with Crippen molar-refractivity contribution in [3.63, 3.8) is 0 Å². The fourth-order valence-corrected chi connectivity index (χ4v) is 3.10. The zero-order valence-corrected chi connectivity index (χ0v) is 9.36. The first-order chi connectivity index (χ1) is 6.61. The molecule has 2 fully saturated rings. The quantitative estimate of drug-likeness (QED) is 0.579. The molecule has 2 N–H and O–H groups in total. The Hall–Kier alpha value is -0.120. The Balaban J connectivity index is 2.11. The van der Waals surface area contributed by atoms with Gasteiger partial charge in [-0.15, -0.1) is 0 Å². The van der Waals surface area contributed by atoms with Crippen LogP contribution in [-0.4, -0.2) is 44.6 Å². The molecule has 1 aliphatic carbocycles. The molecule has 0 aromatic carbocycles. The molecule has 0 unspecified atom stereocenters. The summed E-state index contributed by atoms with van der Waals surface area (Å²) in [5, 5.41) is 10.2. The largest absolute Gasteiger partial charge is 0.387 e. The number of rotatable bonds is 1. The summed E-state index contributed by atoms with van der Waals surface area (Å²) in [6.45, 7) is 3.94. The predicted octanol–water partition coefficient (Wildman–Crippen LogP) is -0.837. The molecule has 0 bridgehead atoms. The van der Waals surface area contributed by atoms with Crippen LogP contribution in [0.15, 0.2) is 0 Å². The molecule has 0 aromatic heterocycles. The Morgan fingerprint density at radius 2 is 2.00 bits per heavy atom. The lowest BCUT2D eigenvalue weighted by molar-refractivity contribution is -0.892. The number of likely N-dealkylation sites (N-methyl/N-ethyl adjacent to an activating group) is 1. The van der Waals surface area contributed by atoms with Crippen molar-refractivity contribution in [2.45, 2.75) is 25.5 Å². The van der Waals surface area contributed by atoms with Gasteiger partial charge in [0.1, 0.15) is 12.1 Å². The summed E-state index contributed by atoms with van der Waals surface area (Å²) in [6, 6.07) is 0.396. The average Bonchev–Trinajstić information content (AvgIpc) is 2.58. The van der Waals surface area contributed by atoms with Crippen molar-refractivity contribution in [3.05, 3.63) is 0 Å². The number of aliphatic hydroxyl groups excluding tert-OH is 1. The molecule has 3 heteroatoms. The minimum atomic E-state index is -0.150. The minimum absolute atomic E-state index is 0.150. The van der Waals surface area contributed by atoms with Gasteiger partial charge in [0.15, 0.2) is 0 Å². The van der Waals surface area contributed by atoms with Crippen molar-refractivity contribution in [2.24, 2.45) is 17.8 Å².